The van der Waals surface area contributed by atoms with E-state index in [9.17, 15) is 9.90 Å². The van der Waals surface area contributed by atoms with Gasteiger partial charge in [-0.25, -0.2) is 0 Å². The van der Waals surface area contributed by atoms with Gasteiger partial charge in [-0.2, -0.15) is 0 Å². The summed E-state index contributed by atoms with van der Waals surface area (Å²) in [5, 5.41) is 12.8. The Labute approximate surface area is 125 Å². The highest BCUT2D eigenvalue weighted by atomic mass is 16.3. The predicted octanol–water partition coefficient (Wildman–Crippen LogP) is 4.01. The number of hydrogen-bond donors (Lipinski definition) is 2. The molecule has 0 spiro atoms. The molecule has 2 N–H and O–H groups in total. The molecule has 110 valence electrons. The fourth-order valence-corrected chi connectivity index (χ4v) is 2.27. The molecule has 2 aromatic carbocycles. The molecular formula is C18H21NO2. The van der Waals surface area contributed by atoms with Crippen LogP contribution in [0.15, 0.2) is 42.5 Å². The molecule has 1 amide bonds. The molecule has 0 saturated heterocycles. The Bertz CT molecular complexity index is 633. The number of aromatic hydroxyl groups is 1. The van der Waals surface area contributed by atoms with Crippen molar-refractivity contribution < 1.29 is 9.90 Å². The molecule has 0 fully saturated rings. The number of nitrogens with one attached hydrogen (secondary N) is 1. The summed E-state index contributed by atoms with van der Waals surface area (Å²) in [5.41, 5.74) is 3.46. The molecule has 0 aliphatic heterocycles. The number of amides is 1. The molecular weight excluding hydrogens is 262 g/mol. The van der Waals surface area contributed by atoms with Crippen LogP contribution in [-0.4, -0.2) is 11.0 Å². The van der Waals surface area contributed by atoms with Crippen LogP contribution in [-0.2, 0) is 11.2 Å². The monoisotopic (exact) mass is 283 g/mol. The molecule has 0 saturated carbocycles. The summed E-state index contributed by atoms with van der Waals surface area (Å²) in [6, 6.07) is 13.2. The van der Waals surface area contributed by atoms with Crippen molar-refractivity contribution in [2.24, 2.45) is 0 Å². The molecule has 0 aliphatic carbocycles. The van der Waals surface area contributed by atoms with Crippen LogP contribution in [0.4, 0.5) is 5.69 Å². The average Bonchev–Trinajstić information content (AvgIpc) is 2.43. The van der Waals surface area contributed by atoms with Gasteiger partial charge in [0.1, 0.15) is 5.75 Å². The van der Waals surface area contributed by atoms with E-state index in [0.717, 1.165) is 22.4 Å². The number of carbonyl (C=O) groups excluding carboxylic acids is 1. The lowest BCUT2D eigenvalue weighted by atomic mass is 9.98. The third-order valence-corrected chi connectivity index (χ3v) is 3.47. The van der Waals surface area contributed by atoms with Crippen LogP contribution in [0.5, 0.6) is 5.75 Å². The van der Waals surface area contributed by atoms with Crippen LogP contribution in [0, 0.1) is 6.92 Å². The Kier molecular flexibility index (Phi) is 4.63. The van der Waals surface area contributed by atoms with Gasteiger partial charge in [0.15, 0.2) is 0 Å². The smallest absolute Gasteiger partial charge is 0.228 e. The maximum absolute atomic E-state index is 12.2. The second-order valence-electron chi connectivity index (χ2n) is 5.59. The zero-order valence-corrected chi connectivity index (χ0v) is 12.7. The number of carbonyl (C=O) groups is 1. The van der Waals surface area contributed by atoms with E-state index in [1.54, 1.807) is 6.07 Å². The number of phenols is 1. The highest BCUT2D eigenvalue weighted by Crippen LogP contribution is 2.31. The van der Waals surface area contributed by atoms with Gasteiger partial charge in [0, 0.05) is 5.69 Å². The first-order valence-corrected chi connectivity index (χ1v) is 7.14. The summed E-state index contributed by atoms with van der Waals surface area (Å²) in [7, 11) is 0. The minimum Gasteiger partial charge on any atom is -0.508 e. The fourth-order valence-electron chi connectivity index (χ4n) is 2.27. The summed E-state index contributed by atoms with van der Waals surface area (Å²) in [6.07, 6.45) is 0.346. The normalized spacial score (nSPS) is 10.7. The number of anilines is 1. The fraction of sp³-hybridized carbons (Fsp3) is 0.278. The Morgan fingerprint density at radius 3 is 2.48 bits per heavy atom. The quantitative estimate of drug-likeness (QED) is 0.833. The Hall–Kier alpha value is -2.29. The summed E-state index contributed by atoms with van der Waals surface area (Å²) in [5.74, 6) is 0.441. The molecule has 0 heterocycles. The molecule has 0 aliphatic rings. The van der Waals surface area contributed by atoms with E-state index in [1.165, 1.54) is 0 Å². The van der Waals surface area contributed by atoms with E-state index < -0.39 is 0 Å². The molecule has 0 unspecified atom stereocenters. The van der Waals surface area contributed by atoms with Crippen molar-refractivity contribution in [1.82, 2.24) is 0 Å². The number of phenolic OH excluding ortho intramolecular Hbond substituents is 1. The van der Waals surface area contributed by atoms with E-state index in [0.29, 0.717) is 6.42 Å². The van der Waals surface area contributed by atoms with Crippen molar-refractivity contribution in [2.75, 3.05) is 5.32 Å². The van der Waals surface area contributed by atoms with Crippen molar-refractivity contribution in [3.8, 4) is 5.75 Å². The number of benzene rings is 2. The molecule has 2 aromatic rings. The second kappa shape index (κ2) is 6.44. The first kappa shape index (κ1) is 15.1. The molecule has 0 atom stereocenters. The lowest BCUT2D eigenvalue weighted by molar-refractivity contribution is -0.115. The number of rotatable bonds is 4. The third-order valence-electron chi connectivity index (χ3n) is 3.47. The lowest BCUT2D eigenvalue weighted by Gasteiger charge is -2.16. The van der Waals surface area contributed by atoms with E-state index in [1.807, 2.05) is 57.2 Å². The Balaban J connectivity index is 2.19. The van der Waals surface area contributed by atoms with Gasteiger partial charge in [0.2, 0.25) is 5.91 Å². The number of hydrogen-bond acceptors (Lipinski definition) is 2. The zero-order valence-electron chi connectivity index (χ0n) is 12.7. The van der Waals surface area contributed by atoms with E-state index in [-0.39, 0.29) is 17.6 Å². The second-order valence-corrected chi connectivity index (χ2v) is 5.59. The maximum Gasteiger partial charge on any atom is 0.228 e. The van der Waals surface area contributed by atoms with Crippen molar-refractivity contribution in [2.45, 2.75) is 33.1 Å². The summed E-state index contributed by atoms with van der Waals surface area (Å²) in [6.45, 7) is 5.90. The highest BCUT2D eigenvalue weighted by molar-refractivity contribution is 5.93. The van der Waals surface area contributed by atoms with Gasteiger partial charge in [-0.05, 0) is 41.7 Å². The van der Waals surface area contributed by atoms with Gasteiger partial charge in [-0.15, -0.1) is 0 Å². The van der Waals surface area contributed by atoms with Gasteiger partial charge in [0.05, 0.1) is 6.42 Å². The van der Waals surface area contributed by atoms with Crippen LogP contribution in [0.1, 0.15) is 36.5 Å². The van der Waals surface area contributed by atoms with Crippen LogP contribution < -0.4 is 5.32 Å². The molecule has 3 nitrogen and oxygen atoms in total. The molecule has 2 rings (SSSR count). The summed E-state index contributed by atoms with van der Waals surface area (Å²) < 4.78 is 0. The summed E-state index contributed by atoms with van der Waals surface area (Å²) in [4.78, 5) is 12.2. The summed E-state index contributed by atoms with van der Waals surface area (Å²) >= 11 is 0. The molecule has 0 radical (unpaired) electrons. The minimum atomic E-state index is -0.0480. The molecule has 21 heavy (non-hydrogen) atoms. The number of aryl methyl sites for hydroxylation is 1. The minimum absolute atomic E-state index is 0.0480. The average molecular weight is 283 g/mol. The van der Waals surface area contributed by atoms with Crippen molar-refractivity contribution in [3.63, 3.8) is 0 Å². The van der Waals surface area contributed by atoms with Gasteiger partial charge >= 0.3 is 0 Å². The first-order chi connectivity index (χ1) is 9.97. The molecule has 0 aromatic heterocycles. The van der Waals surface area contributed by atoms with Crippen molar-refractivity contribution >= 4 is 11.6 Å². The first-order valence-electron chi connectivity index (χ1n) is 7.14. The molecule has 0 bridgehead atoms. The van der Waals surface area contributed by atoms with Gasteiger partial charge in [-0.3, -0.25) is 4.79 Å². The van der Waals surface area contributed by atoms with Crippen LogP contribution in [0.2, 0.25) is 0 Å². The van der Waals surface area contributed by atoms with Crippen LogP contribution in [0.3, 0.4) is 0 Å². The topological polar surface area (TPSA) is 49.3 Å². The lowest BCUT2D eigenvalue weighted by Crippen LogP contribution is -2.16. The predicted molar refractivity (Wildman–Crippen MR) is 85.7 cm³/mol. The van der Waals surface area contributed by atoms with E-state index in [4.69, 9.17) is 0 Å². The van der Waals surface area contributed by atoms with E-state index >= 15 is 0 Å². The van der Waals surface area contributed by atoms with Crippen LogP contribution >= 0.6 is 0 Å². The van der Waals surface area contributed by atoms with Gasteiger partial charge < -0.3 is 10.4 Å². The van der Waals surface area contributed by atoms with Crippen molar-refractivity contribution in [1.29, 1.82) is 0 Å². The zero-order chi connectivity index (χ0) is 15.4. The van der Waals surface area contributed by atoms with E-state index in [2.05, 4.69) is 5.32 Å². The standard InChI is InChI=1S/C18H21NO2/c1-12(2)15-11-17(20)13(3)9-16(15)19-18(21)10-14-7-5-4-6-8-14/h4-9,11-12,20H,10H2,1-3H3,(H,19,21). The SMILES string of the molecule is Cc1cc(NC(=O)Cc2ccccc2)c(C(C)C)cc1O. The molecule has 3 heteroatoms. The van der Waals surface area contributed by atoms with Gasteiger partial charge in [-0.1, -0.05) is 44.2 Å². The maximum atomic E-state index is 12.2. The van der Waals surface area contributed by atoms with Crippen molar-refractivity contribution in [3.05, 3.63) is 59.2 Å². The van der Waals surface area contributed by atoms with Gasteiger partial charge in [0.25, 0.3) is 0 Å². The largest absolute Gasteiger partial charge is 0.508 e. The van der Waals surface area contributed by atoms with Crippen LogP contribution in [0.25, 0.3) is 0 Å². The Morgan fingerprint density at radius 1 is 1.19 bits per heavy atom. The highest BCUT2D eigenvalue weighted by Gasteiger charge is 2.13. The third kappa shape index (κ3) is 3.85. The Morgan fingerprint density at radius 2 is 1.86 bits per heavy atom.